The van der Waals surface area contributed by atoms with Crippen molar-refractivity contribution in [2.45, 2.75) is 43.4 Å². The summed E-state index contributed by atoms with van der Waals surface area (Å²) in [5.74, 6) is -1.42. The molecule has 0 fully saturated rings. The molecule has 13 heteroatoms. The molecule has 1 N–H and O–H groups in total. The predicted octanol–water partition coefficient (Wildman–Crippen LogP) is 4.42. The van der Waals surface area contributed by atoms with Crippen molar-refractivity contribution in [1.29, 1.82) is 5.26 Å². The quantitative estimate of drug-likeness (QED) is 0.352. The van der Waals surface area contributed by atoms with Crippen LogP contribution in [0.25, 0.3) is 16.6 Å². The van der Waals surface area contributed by atoms with Crippen molar-refractivity contribution in [3.8, 4) is 22.9 Å². The number of rotatable bonds is 6. The summed E-state index contributed by atoms with van der Waals surface area (Å²) in [6.45, 7) is -3.08. The molecule has 6 rings (SSSR count). The molecular formula is C27H20F4N6O3. The number of alkyl halides is 4. The Bertz CT molecular complexity index is 1690. The number of hydrogen-bond acceptors (Lipinski definition) is 7. The molecule has 2 bridgehead atoms. The Kier molecular flexibility index (Phi) is 5.95. The smallest absolute Gasteiger partial charge is 0.387 e. The molecule has 40 heavy (non-hydrogen) atoms. The normalized spacial score (nSPS) is 19.4. The van der Waals surface area contributed by atoms with Crippen LogP contribution in [0.5, 0.6) is 5.75 Å². The van der Waals surface area contributed by atoms with Crippen molar-refractivity contribution in [3.05, 3.63) is 77.1 Å². The summed E-state index contributed by atoms with van der Waals surface area (Å²) in [5, 5.41) is 23.8. The molecule has 9 nitrogen and oxygen atoms in total. The maximum absolute atomic E-state index is 13.5. The van der Waals surface area contributed by atoms with Gasteiger partial charge < -0.3 is 14.7 Å². The number of halogens is 4. The average molecular weight is 552 g/mol. The second kappa shape index (κ2) is 9.27. The van der Waals surface area contributed by atoms with Crippen LogP contribution in [-0.2, 0) is 5.60 Å². The average Bonchev–Trinajstić information content (AvgIpc) is 3.46. The number of carbonyl (C=O) groups excluding carboxylic acids is 1. The van der Waals surface area contributed by atoms with Gasteiger partial charge in [0.05, 0.1) is 29.7 Å². The van der Waals surface area contributed by atoms with Gasteiger partial charge in [0.15, 0.2) is 11.4 Å². The number of hydrogen-bond donors (Lipinski definition) is 1. The molecular weight excluding hydrogens is 532 g/mol. The third-order valence-corrected chi connectivity index (χ3v) is 7.56. The number of aromatic nitrogens is 4. The van der Waals surface area contributed by atoms with Gasteiger partial charge >= 0.3 is 6.61 Å². The van der Waals surface area contributed by atoms with Crippen molar-refractivity contribution in [2.75, 3.05) is 7.05 Å². The number of amides is 1. The van der Waals surface area contributed by atoms with E-state index in [1.165, 1.54) is 30.6 Å². The zero-order valence-corrected chi connectivity index (χ0v) is 20.8. The van der Waals surface area contributed by atoms with E-state index in [4.69, 9.17) is 15.1 Å². The lowest BCUT2D eigenvalue weighted by molar-refractivity contribution is -0.104. The van der Waals surface area contributed by atoms with E-state index in [9.17, 15) is 27.5 Å². The van der Waals surface area contributed by atoms with Gasteiger partial charge in [-0.2, -0.15) is 19.1 Å². The molecule has 0 radical (unpaired) electrons. The lowest BCUT2D eigenvalue weighted by Gasteiger charge is -2.23. The highest BCUT2D eigenvalue weighted by atomic mass is 19.3. The van der Waals surface area contributed by atoms with Gasteiger partial charge in [-0.05, 0) is 36.2 Å². The number of carbonyl (C=O) groups is 1. The SMILES string of the molecule is CN1C(=O)c2cccc(OC(F)F)c2[C@H]2C[C@@H]1c1nn3ccc(-c4cnc([C@](O)(CC#N)C(F)F)nc4)cc3c12. The van der Waals surface area contributed by atoms with E-state index in [2.05, 4.69) is 9.97 Å². The number of aliphatic hydroxyl groups is 1. The lowest BCUT2D eigenvalue weighted by atomic mass is 9.88. The molecule has 1 aliphatic heterocycles. The van der Waals surface area contributed by atoms with E-state index in [1.807, 2.05) is 0 Å². The Morgan fingerprint density at radius 3 is 2.60 bits per heavy atom. The van der Waals surface area contributed by atoms with Crippen LogP contribution in [0.3, 0.4) is 0 Å². The monoisotopic (exact) mass is 552 g/mol. The molecule has 3 aromatic heterocycles. The van der Waals surface area contributed by atoms with E-state index in [0.717, 1.165) is 5.56 Å². The van der Waals surface area contributed by atoms with E-state index in [0.29, 0.717) is 34.3 Å². The van der Waals surface area contributed by atoms with Gasteiger partial charge in [-0.15, -0.1) is 0 Å². The van der Waals surface area contributed by atoms with Crippen LogP contribution in [-0.4, -0.2) is 55.6 Å². The summed E-state index contributed by atoms with van der Waals surface area (Å²) in [6.07, 6.45) is 0.512. The van der Waals surface area contributed by atoms with Crippen molar-refractivity contribution in [2.24, 2.45) is 0 Å². The highest BCUT2D eigenvalue weighted by Gasteiger charge is 2.46. The Hall–Kier alpha value is -4.57. The van der Waals surface area contributed by atoms with E-state index >= 15 is 0 Å². The molecule has 0 spiro atoms. The fourth-order valence-electron chi connectivity index (χ4n) is 5.62. The van der Waals surface area contributed by atoms with E-state index in [1.54, 1.807) is 40.9 Å². The molecule has 0 unspecified atom stereocenters. The molecule has 0 saturated heterocycles. The van der Waals surface area contributed by atoms with Crippen LogP contribution >= 0.6 is 0 Å². The van der Waals surface area contributed by atoms with Gasteiger partial charge in [-0.1, -0.05) is 6.07 Å². The second-order valence-corrected chi connectivity index (χ2v) is 9.72. The largest absolute Gasteiger partial charge is 0.434 e. The summed E-state index contributed by atoms with van der Waals surface area (Å²) < 4.78 is 60.0. The highest BCUT2D eigenvalue weighted by Crippen LogP contribution is 2.53. The number of nitriles is 1. The third-order valence-electron chi connectivity index (χ3n) is 7.56. The first kappa shape index (κ1) is 25.7. The van der Waals surface area contributed by atoms with E-state index in [-0.39, 0.29) is 17.2 Å². The standard InChI is InChI=1S/C27H20F4N6O3/c1-36-18-10-16(20-15(23(36)38)3-2-4-19(20)40-26(30)31)21-17-9-13(5-8-37(17)35-22(18)21)14-11-33-25(34-12-14)27(39,6-7-32)24(28)29/h2-5,8-9,11-12,16,18,24,26,39H,6,10H2,1H3/t16-,18-,27+/m1/s1. The minimum Gasteiger partial charge on any atom is -0.434 e. The first-order valence-corrected chi connectivity index (χ1v) is 12.2. The number of ether oxygens (including phenoxy) is 1. The Morgan fingerprint density at radius 2 is 1.93 bits per heavy atom. The summed E-state index contributed by atoms with van der Waals surface area (Å²) in [5.41, 5.74) is 0.954. The van der Waals surface area contributed by atoms with Gasteiger partial charge in [0, 0.05) is 53.8 Å². The third kappa shape index (κ3) is 3.78. The molecule has 1 amide bonds. The van der Waals surface area contributed by atoms with Gasteiger partial charge in [0.1, 0.15) is 5.75 Å². The summed E-state index contributed by atoms with van der Waals surface area (Å²) in [4.78, 5) is 22.6. The van der Waals surface area contributed by atoms with Crippen molar-refractivity contribution in [3.63, 3.8) is 0 Å². The number of nitrogens with zero attached hydrogens (tertiary/aromatic N) is 6. The van der Waals surface area contributed by atoms with Crippen LogP contribution in [0.2, 0.25) is 0 Å². The van der Waals surface area contributed by atoms with E-state index < -0.39 is 42.8 Å². The zero-order chi connectivity index (χ0) is 28.3. The summed E-state index contributed by atoms with van der Waals surface area (Å²) >= 11 is 0. The van der Waals surface area contributed by atoms with Crippen LogP contribution in [0.1, 0.15) is 57.8 Å². The Labute approximate surface area is 224 Å². The highest BCUT2D eigenvalue weighted by molar-refractivity contribution is 5.98. The second-order valence-electron chi connectivity index (χ2n) is 9.72. The minimum atomic E-state index is -3.26. The van der Waals surface area contributed by atoms with Crippen LogP contribution in [0.15, 0.2) is 48.9 Å². The molecule has 4 heterocycles. The Morgan fingerprint density at radius 1 is 1.18 bits per heavy atom. The van der Waals surface area contributed by atoms with Crippen molar-refractivity contribution < 1.29 is 32.2 Å². The molecule has 3 atom stereocenters. The Balaban J connectivity index is 1.47. The van der Waals surface area contributed by atoms with Gasteiger partial charge in [0.2, 0.25) is 0 Å². The first-order chi connectivity index (χ1) is 19.1. The number of benzene rings is 1. The summed E-state index contributed by atoms with van der Waals surface area (Å²) in [6, 6.07) is 9.15. The zero-order valence-electron chi connectivity index (χ0n) is 20.8. The predicted molar refractivity (Wildman–Crippen MR) is 131 cm³/mol. The van der Waals surface area contributed by atoms with Crippen molar-refractivity contribution in [1.82, 2.24) is 24.5 Å². The minimum absolute atomic E-state index is 0.0730. The van der Waals surface area contributed by atoms with Crippen molar-refractivity contribution >= 4 is 11.4 Å². The van der Waals surface area contributed by atoms with Crippen LogP contribution < -0.4 is 4.74 Å². The topological polar surface area (TPSA) is 117 Å². The van der Waals surface area contributed by atoms with Crippen LogP contribution in [0.4, 0.5) is 17.6 Å². The fourth-order valence-corrected chi connectivity index (χ4v) is 5.62. The summed E-state index contributed by atoms with van der Waals surface area (Å²) in [7, 11) is 1.65. The maximum atomic E-state index is 13.5. The first-order valence-electron chi connectivity index (χ1n) is 12.2. The van der Waals surface area contributed by atoms with Gasteiger partial charge in [-0.25, -0.2) is 23.3 Å². The maximum Gasteiger partial charge on any atom is 0.387 e. The number of pyridine rings is 1. The lowest BCUT2D eigenvalue weighted by Crippen LogP contribution is -2.35. The molecule has 1 aromatic carbocycles. The van der Waals surface area contributed by atoms with Gasteiger partial charge in [-0.3, -0.25) is 4.79 Å². The number of fused-ring (bicyclic) bond motifs is 9. The molecule has 204 valence electrons. The fraction of sp³-hybridized carbons (Fsp3) is 0.296. The molecule has 4 aromatic rings. The van der Waals surface area contributed by atoms with Crippen LogP contribution in [0, 0.1) is 11.3 Å². The molecule has 0 saturated carbocycles. The molecule has 1 aliphatic carbocycles. The molecule has 2 aliphatic rings. The van der Waals surface area contributed by atoms with Gasteiger partial charge in [0.25, 0.3) is 12.3 Å².